The van der Waals surface area contributed by atoms with Crippen LogP contribution in [-0.2, 0) is 42.2 Å². The standard InChI is InChI=1S/C44H78NO11P/c1-6-8-10-12-14-15-16-17-18-19-20-22-24-28-43(48)52-34-36(35-54-57(50,51)53-31-30-45(3,4)5)55-44(49)29-25-27-41-42(56-41)32-38-37(39(46)33-40(38)47)26-23-21-13-11-9-7-2/h21,23,32,36-37,39,41-42,46H,6-20,22,24-31,33-35H2,1-5H3/p+1/b23-21-,38-32+. The number of rotatable bonds is 35. The molecule has 6 unspecified atom stereocenters. The second-order valence-corrected chi connectivity index (χ2v) is 18.5. The van der Waals surface area contributed by atoms with E-state index in [4.69, 9.17) is 23.3 Å². The van der Waals surface area contributed by atoms with Gasteiger partial charge in [0.05, 0.1) is 40.0 Å². The quantitative estimate of drug-likeness (QED) is 0.0119. The summed E-state index contributed by atoms with van der Waals surface area (Å²) in [7, 11) is 1.33. The van der Waals surface area contributed by atoms with Gasteiger partial charge in [0.2, 0.25) is 0 Å². The molecule has 2 fully saturated rings. The van der Waals surface area contributed by atoms with Crippen molar-refractivity contribution in [3.05, 3.63) is 23.8 Å². The highest BCUT2D eigenvalue weighted by Crippen LogP contribution is 2.43. The number of allylic oxidation sites excluding steroid dienone is 2. The van der Waals surface area contributed by atoms with Gasteiger partial charge in [-0.1, -0.05) is 116 Å². The van der Waals surface area contributed by atoms with Gasteiger partial charge in [0.15, 0.2) is 11.9 Å². The van der Waals surface area contributed by atoms with E-state index >= 15 is 0 Å². The van der Waals surface area contributed by atoms with Crippen molar-refractivity contribution in [3.8, 4) is 0 Å². The van der Waals surface area contributed by atoms with Crippen molar-refractivity contribution >= 4 is 25.5 Å². The molecule has 1 heterocycles. The van der Waals surface area contributed by atoms with E-state index in [1.54, 1.807) is 0 Å². The Balaban J connectivity index is 1.76. The number of phosphoric acid groups is 1. The minimum atomic E-state index is -4.45. The van der Waals surface area contributed by atoms with Crippen LogP contribution in [0.15, 0.2) is 23.8 Å². The maximum absolute atomic E-state index is 12.9. The SMILES string of the molecule is CCCCC/C=C\CC1/C(=C\C2OC2CCCC(=O)OC(COC(=O)CCCCCCCCCCCCCCC)COP(=O)(O)OCC[N+](C)(C)C)C(=O)CC1O. The van der Waals surface area contributed by atoms with Gasteiger partial charge in [-0.3, -0.25) is 23.4 Å². The second-order valence-electron chi connectivity index (χ2n) is 17.1. The fourth-order valence-electron chi connectivity index (χ4n) is 6.95. The third-order valence-corrected chi connectivity index (χ3v) is 11.6. The first-order valence-corrected chi connectivity index (χ1v) is 23.7. The third kappa shape index (κ3) is 25.3. The van der Waals surface area contributed by atoms with Crippen molar-refractivity contribution in [2.45, 2.75) is 186 Å². The van der Waals surface area contributed by atoms with Crippen LogP contribution in [0.2, 0.25) is 0 Å². The first-order chi connectivity index (χ1) is 27.2. The Bertz CT molecular complexity index is 1250. The Morgan fingerprint density at radius 2 is 1.42 bits per heavy atom. The summed E-state index contributed by atoms with van der Waals surface area (Å²) in [5.74, 6) is -1.27. The first kappa shape index (κ1) is 51.2. The van der Waals surface area contributed by atoms with E-state index in [9.17, 15) is 28.9 Å². The van der Waals surface area contributed by atoms with Crippen molar-refractivity contribution in [1.82, 2.24) is 0 Å². The van der Waals surface area contributed by atoms with Gasteiger partial charge < -0.3 is 28.7 Å². The summed E-state index contributed by atoms with van der Waals surface area (Å²) in [4.78, 5) is 48.3. The number of carbonyl (C=O) groups excluding carboxylic acids is 3. The van der Waals surface area contributed by atoms with Crippen LogP contribution < -0.4 is 0 Å². The number of Topliss-reactive ketones (excluding diaryl/α,β-unsaturated/α-hetero) is 1. The summed E-state index contributed by atoms with van der Waals surface area (Å²) in [6.45, 7) is 4.08. The van der Waals surface area contributed by atoms with Gasteiger partial charge in [0.25, 0.3) is 0 Å². The number of hydrogen-bond donors (Lipinski definition) is 2. The fourth-order valence-corrected chi connectivity index (χ4v) is 7.69. The molecule has 0 aromatic carbocycles. The Kier molecular flexibility index (Phi) is 26.4. The molecular formula is C44H79NO11P+. The van der Waals surface area contributed by atoms with Gasteiger partial charge in [-0.05, 0) is 50.2 Å². The molecule has 0 spiro atoms. The van der Waals surface area contributed by atoms with Crippen LogP contribution in [0.25, 0.3) is 0 Å². The molecule has 0 aromatic rings. The maximum Gasteiger partial charge on any atom is 0.472 e. The fraction of sp³-hybridized carbons (Fsp3) is 0.841. The highest BCUT2D eigenvalue weighted by Gasteiger charge is 2.42. The van der Waals surface area contributed by atoms with E-state index < -0.39 is 38.6 Å². The average molecular weight is 829 g/mol. The lowest BCUT2D eigenvalue weighted by Gasteiger charge is -2.24. The van der Waals surface area contributed by atoms with Gasteiger partial charge in [0.1, 0.15) is 25.9 Å². The first-order valence-electron chi connectivity index (χ1n) is 22.3. The molecule has 57 heavy (non-hydrogen) atoms. The summed E-state index contributed by atoms with van der Waals surface area (Å²) in [6.07, 6.45) is 26.0. The van der Waals surface area contributed by atoms with Crippen LogP contribution in [0.4, 0.5) is 0 Å². The number of quaternary nitrogens is 1. The molecule has 1 aliphatic carbocycles. The molecule has 6 atom stereocenters. The molecule has 2 N–H and O–H groups in total. The highest BCUT2D eigenvalue weighted by molar-refractivity contribution is 7.47. The predicted molar refractivity (Wildman–Crippen MR) is 223 cm³/mol. The summed E-state index contributed by atoms with van der Waals surface area (Å²) >= 11 is 0. The molecule has 1 saturated carbocycles. The molecule has 0 aromatic heterocycles. The summed E-state index contributed by atoms with van der Waals surface area (Å²) in [5, 5.41) is 10.5. The minimum absolute atomic E-state index is 0.0116. The molecule has 330 valence electrons. The molecule has 2 rings (SSSR count). The van der Waals surface area contributed by atoms with Crippen LogP contribution in [0, 0.1) is 5.92 Å². The average Bonchev–Trinajstić information content (AvgIpc) is 3.83. The number of unbranched alkanes of at least 4 members (excludes halogenated alkanes) is 15. The minimum Gasteiger partial charge on any atom is -0.462 e. The Labute approximate surface area is 344 Å². The Hall–Kier alpha value is -1.92. The molecular weight excluding hydrogens is 749 g/mol. The van der Waals surface area contributed by atoms with Gasteiger partial charge in [-0.25, -0.2) is 4.57 Å². The number of aliphatic hydroxyl groups excluding tert-OH is 1. The highest BCUT2D eigenvalue weighted by atomic mass is 31.2. The largest absolute Gasteiger partial charge is 0.472 e. The topological polar surface area (TPSA) is 158 Å². The number of phosphoric ester groups is 1. The molecule has 12 nitrogen and oxygen atoms in total. The zero-order chi connectivity index (χ0) is 41.9. The van der Waals surface area contributed by atoms with E-state index in [1.807, 2.05) is 27.2 Å². The van der Waals surface area contributed by atoms with Gasteiger partial charge in [-0.2, -0.15) is 0 Å². The Morgan fingerprint density at radius 3 is 2.05 bits per heavy atom. The molecule has 0 bridgehead atoms. The van der Waals surface area contributed by atoms with E-state index in [0.717, 1.165) is 38.5 Å². The smallest absolute Gasteiger partial charge is 0.462 e. The monoisotopic (exact) mass is 829 g/mol. The number of ketones is 1. The van der Waals surface area contributed by atoms with Crippen molar-refractivity contribution in [3.63, 3.8) is 0 Å². The van der Waals surface area contributed by atoms with E-state index in [1.165, 1.54) is 64.2 Å². The van der Waals surface area contributed by atoms with Crippen molar-refractivity contribution in [2.24, 2.45) is 5.92 Å². The molecule has 1 aliphatic heterocycles. The van der Waals surface area contributed by atoms with Crippen LogP contribution in [0.1, 0.15) is 162 Å². The van der Waals surface area contributed by atoms with Crippen LogP contribution >= 0.6 is 7.82 Å². The molecule has 0 amide bonds. The van der Waals surface area contributed by atoms with Gasteiger partial charge in [-0.15, -0.1) is 0 Å². The molecule has 2 aliphatic rings. The van der Waals surface area contributed by atoms with E-state index in [2.05, 4.69) is 26.0 Å². The lowest BCUT2D eigenvalue weighted by molar-refractivity contribution is -0.870. The van der Waals surface area contributed by atoms with Gasteiger partial charge in [0, 0.05) is 25.2 Å². The van der Waals surface area contributed by atoms with E-state index in [-0.39, 0.29) is 56.4 Å². The van der Waals surface area contributed by atoms with Crippen molar-refractivity contribution < 1.29 is 56.7 Å². The molecule has 0 radical (unpaired) electrons. The predicted octanol–water partition coefficient (Wildman–Crippen LogP) is 9.10. The van der Waals surface area contributed by atoms with Crippen LogP contribution in [-0.4, -0.2) is 104 Å². The number of ether oxygens (including phenoxy) is 3. The van der Waals surface area contributed by atoms with E-state index in [0.29, 0.717) is 42.3 Å². The number of nitrogens with zero attached hydrogens (tertiary/aromatic N) is 1. The summed E-state index contributed by atoms with van der Waals surface area (Å²) in [5.41, 5.74) is 0.627. The van der Waals surface area contributed by atoms with Crippen LogP contribution in [0.5, 0.6) is 0 Å². The molecule has 1 saturated heterocycles. The number of carbonyl (C=O) groups is 3. The third-order valence-electron chi connectivity index (χ3n) is 10.6. The number of aliphatic hydroxyl groups is 1. The lowest BCUT2D eigenvalue weighted by atomic mass is 9.95. The number of hydrogen-bond acceptors (Lipinski definition) is 10. The zero-order valence-corrected chi connectivity index (χ0v) is 37.1. The van der Waals surface area contributed by atoms with Gasteiger partial charge >= 0.3 is 19.8 Å². The Morgan fingerprint density at radius 1 is 0.825 bits per heavy atom. The number of epoxide rings is 1. The van der Waals surface area contributed by atoms with Crippen molar-refractivity contribution in [1.29, 1.82) is 0 Å². The number of esters is 2. The second kappa shape index (κ2) is 29.3. The lowest BCUT2D eigenvalue weighted by Crippen LogP contribution is -2.37. The number of likely N-dealkylation sites (N-methyl/N-ethyl adjacent to an activating group) is 1. The zero-order valence-electron chi connectivity index (χ0n) is 36.2. The van der Waals surface area contributed by atoms with Crippen LogP contribution in [0.3, 0.4) is 0 Å². The maximum atomic E-state index is 12.9. The summed E-state index contributed by atoms with van der Waals surface area (Å²) in [6, 6.07) is 0. The summed E-state index contributed by atoms with van der Waals surface area (Å²) < 4.78 is 40.1. The normalized spacial score (nSPS) is 21.9. The molecule has 13 heteroatoms. The van der Waals surface area contributed by atoms with Crippen molar-refractivity contribution in [2.75, 3.05) is 47.5 Å².